The Hall–Kier alpha value is -1.76. The van der Waals surface area contributed by atoms with Crippen LogP contribution in [0.1, 0.15) is 25.3 Å². The van der Waals surface area contributed by atoms with Crippen LogP contribution in [0, 0.1) is 0 Å². The topological polar surface area (TPSA) is 80.5 Å². The van der Waals surface area contributed by atoms with Gasteiger partial charge in [-0.2, -0.15) is 0 Å². The Labute approximate surface area is 157 Å². The number of carbonyl (C=O) groups is 1. The monoisotopic (exact) mass is 400 g/mol. The quantitative estimate of drug-likeness (QED) is 0.800. The molecule has 2 aromatic rings. The number of sulfonamides is 1. The molecule has 0 aliphatic heterocycles. The van der Waals surface area contributed by atoms with Gasteiger partial charge in [0.05, 0.1) is 10.7 Å². The van der Waals surface area contributed by atoms with Gasteiger partial charge >= 0.3 is 0 Å². The molecule has 0 bridgehead atoms. The van der Waals surface area contributed by atoms with Gasteiger partial charge in [0, 0.05) is 5.02 Å². The summed E-state index contributed by atoms with van der Waals surface area (Å²) in [4.78, 5) is 11.4. The highest BCUT2D eigenvalue weighted by Gasteiger charge is 2.30. The minimum atomic E-state index is -4.14. The first-order valence-corrected chi connectivity index (χ1v) is 9.69. The van der Waals surface area contributed by atoms with E-state index in [1.807, 2.05) is 19.9 Å². The number of para-hydroxylation sites is 1. The third kappa shape index (κ3) is 4.26. The highest BCUT2D eigenvalue weighted by molar-refractivity contribution is 7.93. The Bertz CT molecular complexity index is 899. The molecular formula is C17H18Cl2N2O3S. The van der Waals surface area contributed by atoms with Gasteiger partial charge in [-0.3, -0.25) is 9.10 Å². The van der Waals surface area contributed by atoms with Crippen molar-refractivity contribution in [2.24, 2.45) is 5.73 Å². The Morgan fingerprint density at radius 3 is 2.40 bits per heavy atom. The third-order valence-corrected chi connectivity index (χ3v) is 6.06. The van der Waals surface area contributed by atoms with Gasteiger partial charge in [-0.15, -0.1) is 0 Å². The summed E-state index contributed by atoms with van der Waals surface area (Å²) in [5.74, 6) is -0.739. The van der Waals surface area contributed by atoms with E-state index in [1.165, 1.54) is 18.2 Å². The van der Waals surface area contributed by atoms with Crippen molar-refractivity contribution < 1.29 is 13.2 Å². The van der Waals surface area contributed by atoms with Crippen LogP contribution in [0.2, 0.25) is 10.0 Å². The number of halogens is 2. The normalized spacial score (nSPS) is 11.6. The van der Waals surface area contributed by atoms with Gasteiger partial charge in [0.25, 0.3) is 10.0 Å². The molecule has 2 aromatic carbocycles. The van der Waals surface area contributed by atoms with E-state index in [1.54, 1.807) is 18.2 Å². The summed E-state index contributed by atoms with van der Waals surface area (Å²) in [6, 6.07) is 11.1. The number of amides is 1. The molecule has 0 heterocycles. The summed E-state index contributed by atoms with van der Waals surface area (Å²) in [5.41, 5.74) is 6.45. The number of rotatable bonds is 6. The van der Waals surface area contributed by atoms with Crippen LogP contribution in [0.4, 0.5) is 5.69 Å². The summed E-state index contributed by atoms with van der Waals surface area (Å²) in [6.45, 7) is 3.36. The van der Waals surface area contributed by atoms with Crippen LogP contribution in [0.25, 0.3) is 0 Å². The first kappa shape index (κ1) is 19.6. The van der Waals surface area contributed by atoms with Crippen molar-refractivity contribution in [2.45, 2.75) is 24.7 Å². The SMILES string of the molecule is CC(C)c1ccccc1N(CC(N)=O)S(=O)(=O)c1cc(Cl)ccc1Cl. The molecule has 0 aliphatic rings. The number of hydrogen-bond acceptors (Lipinski definition) is 3. The van der Waals surface area contributed by atoms with Crippen LogP contribution >= 0.6 is 23.2 Å². The van der Waals surface area contributed by atoms with Gasteiger partial charge in [-0.25, -0.2) is 8.42 Å². The summed E-state index contributed by atoms with van der Waals surface area (Å²) in [5, 5.41) is 0.236. The van der Waals surface area contributed by atoms with Crippen molar-refractivity contribution in [1.82, 2.24) is 0 Å². The smallest absolute Gasteiger partial charge is 0.266 e. The average Bonchev–Trinajstić information content (AvgIpc) is 2.54. The van der Waals surface area contributed by atoms with E-state index in [4.69, 9.17) is 28.9 Å². The fraction of sp³-hybridized carbons (Fsp3) is 0.235. The highest BCUT2D eigenvalue weighted by Crippen LogP contribution is 2.34. The number of anilines is 1. The standard InChI is InChI=1S/C17H18Cl2N2O3S/c1-11(2)13-5-3-4-6-15(13)21(10-17(20)22)25(23,24)16-9-12(18)7-8-14(16)19/h3-9,11H,10H2,1-2H3,(H2,20,22). The van der Waals surface area contributed by atoms with Crippen LogP contribution in [-0.4, -0.2) is 20.9 Å². The fourth-order valence-electron chi connectivity index (χ4n) is 2.44. The maximum absolute atomic E-state index is 13.2. The Morgan fingerprint density at radius 1 is 1.16 bits per heavy atom. The molecule has 0 radical (unpaired) electrons. The number of hydrogen-bond donors (Lipinski definition) is 1. The van der Waals surface area contributed by atoms with E-state index >= 15 is 0 Å². The van der Waals surface area contributed by atoms with Crippen LogP contribution < -0.4 is 10.0 Å². The third-order valence-electron chi connectivity index (χ3n) is 3.59. The van der Waals surface area contributed by atoms with E-state index in [0.29, 0.717) is 5.69 Å². The first-order chi connectivity index (χ1) is 11.6. The van der Waals surface area contributed by atoms with E-state index in [9.17, 15) is 13.2 Å². The minimum Gasteiger partial charge on any atom is -0.368 e. The van der Waals surface area contributed by atoms with Gasteiger partial charge in [0.2, 0.25) is 5.91 Å². The number of benzene rings is 2. The van der Waals surface area contributed by atoms with Gasteiger partial charge in [-0.05, 0) is 35.7 Å². The number of nitrogens with zero attached hydrogens (tertiary/aromatic N) is 1. The van der Waals surface area contributed by atoms with Gasteiger partial charge in [-0.1, -0.05) is 55.2 Å². The molecule has 134 valence electrons. The minimum absolute atomic E-state index is 0.0147. The van der Waals surface area contributed by atoms with Crippen LogP contribution in [0.5, 0.6) is 0 Å². The van der Waals surface area contributed by atoms with E-state index < -0.39 is 22.5 Å². The lowest BCUT2D eigenvalue weighted by atomic mass is 10.0. The summed E-state index contributed by atoms with van der Waals surface area (Å²) < 4.78 is 27.4. The lowest BCUT2D eigenvalue weighted by Gasteiger charge is -2.27. The Kier molecular flexibility index (Phi) is 5.98. The maximum Gasteiger partial charge on any atom is 0.266 e. The second kappa shape index (κ2) is 7.64. The van der Waals surface area contributed by atoms with E-state index in [2.05, 4.69) is 0 Å². The van der Waals surface area contributed by atoms with Gasteiger partial charge < -0.3 is 5.73 Å². The fourth-order valence-corrected chi connectivity index (χ4v) is 4.63. The average molecular weight is 401 g/mol. The van der Waals surface area contributed by atoms with Crippen molar-refractivity contribution in [3.8, 4) is 0 Å². The lowest BCUT2D eigenvalue weighted by molar-refractivity contribution is -0.116. The predicted molar refractivity (Wildman–Crippen MR) is 101 cm³/mol. The molecule has 0 aromatic heterocycles. The van der Waals surface area contributed by atoms with Crippen LogP contribution in [-0.2, 0) is 14.8 Å². The lowest BCUT2D eigenvalue weighted by Crippen LogP contribution is -2.39. The Balaban J connectivity index is 2.70. The molecule has 0 fully saturated rings. The second-order valence-corrected chi connectivity index (χ2v) is 8.44. The number of carbonyl (C=O) groups excluding carboxylic acids is 1. The molecule has 0 saturated heterocycles. The van der Waals surface area contributed by atoms with Gasteiger partial charge in [0.1, 0.15) is 11.4 Å². The summed E-state index contributed by atoms with van der Waals surface area (Å²) in [7, 11) is -4.14. The first-order valence-electron chi connectivity index (χ1n) is 7.49. The molecule has 0 aliphatic carbocycles. The van der Waals surface area contributed by atoms with Crippen molar-refractivity contribution in [3.63, 3.8) is 0 Å². The molecule has 0 atom stereocenters. The zero-order chi connectivity index (χ0) is 18.8. The maximum atomic E-state index is 13.2. The molecule has 2 N–H and O–H groups in total. The van der Waals surface area contributed by atoms with Crippen LogP contribution in [0.3, 0.4) is 0 Å². The molecule has 2 rings (SSSR count). The van der Waals surface area contributed by atoms with E-state index in [-0.39, 0.29) is 20.9 Å². The molecule has 5 nitrogen and oxygen atoms in total. The van der Waals surface area contributed by atoms with Gasteiger partial charge in [0.15, 0.2) is 0 Å². The number of nitrogens with two attached hydrogens (primary N) is 1. The van der Waals surface area contributed by atoms with Crippen LogP contribution in [0.15, 0.2) is 47.4 Å². The van der Waals surface area contributed by atoms with Crippen molar-refractivity contribution in [2.75, 3.05) is 10.8 Å². The van der Waals surface area contributed by atoms with E-state index in [0.717, 1.165) is 9.87 Å². The second-order valence-electron chi connectivity index (χ2n) is 5.77. The molecule has 0 unspecified atom stereocenters. The van der Waals surface area contributed by atoms with Crippen molar-refractivity contribution in [1.29, 1.82) is 0 Å². The predicted octanol–water partition coefficient (Wildman–Crippen LogP) is 3.80. The molecule has 0 saturated carbocycles. The van der Waals surface area contributed by atoms with Crippen molar-refractivity contribution >= 4 is 44.8 Å². The number of primary amides is 1. The highest BCUT2D eigenvalue weighted by atomic mass is 35.5. The molecule has 25 heavy (non-hydrogen) atoms. The zero-order valence-corrected chi connectivity index (χ0v) is 16.1. The summed E-state index contributed by atoms with van der Waals surface area (Å²) in [6.07, 6.45) is 0. The zero-order valence-electron chi connectivity index (χ0n) is 13.7. The largest absolute Gasteiger partial charge is 0.368 e. The summed E-state index contributed by atoms with van der Waals surface area (Å²) >= 11 is 12.0. The molecular weight excluding hydrogens is 383 g/mol. The molecule has 1 amide bonds. The Morgan fingerprint density at radius 2 is 1.80 bits per heavy atom. The van der Waals surface area contributed by atoms with Crippen molar-refractivity contribution in [3.05, 3.63) is 58.1 Å². The molecule has 8 heteroatoms. The molecule has 0 spiro atoms.